The average Bonchev–Trinajstić information content (AvgIpc) is 2.98. The van der Waals surface area contributed by atoms with Crippen LogP contribution in [0.3, 0.4) is 0 Å². The summed E-state index contributed by atoms with van der Waals surface area (Å²) in [7, 11) is 0. The maximum absolute atomic E-state index is 12.9. The third kappa shape index (κ3) is 2.42. The molecule has 1 atom stereocenters. The zero-order chi connectivity index (χ0) is 15.8. The second-order valence-corrected chi connectivity index (χ2v) is 5.67. The summed E-state index contributed by atoms with van der Waals surface area (Å²) in [6.07, 6.45) is 1.57. The molecule has 0 saturated carbocycles. The molecule has 0 spiro atoms. The number of ether oxygens (including phenoxy) is 1. The molecule has 0 radical (unpaired) electrons. The van der Waals surface area contributed by atoms with Gasteiger partial charge in [-0.25, -0.2) is 9.97 Å². The van der Waals surface area contributed by atoms with Gasteiger partial charge in [-0.15, -0.1) is 0 Å². The van der Waals surface area contributed by atoms with Crippen molar-refractivity contribution in [3.63, 3.8) is 0 Å². The maximum atomic E-state index is 12.9. The van der Waals surface area contributed by atoms with Crippen molar-refractivity contribution in [2.24, 2.45) is 0 Å². The average molecular weight is 308 g/mol. The first-order valence-corrected chi connectivity index (χ1v) is 7.54. The number of amides is 1. The zero-order valence-corrected chi connectivity index (χ0v) is 12.7. The van der Waals surface area contributed by atoms with Crippen molar-refractivity contribution < 1.29 is 9.53 Å². The van der Waals surface area contributed by atoms with Gasteiger partial charge in [-0.2, -0.15) is 0 Å². The molecular weight excluding hydrogens is 292 g/mol. The SMILES string of the molecule is CC1COc2ccccc2CN1C(=O)c1ccc2[nH]cnc2n1. The Morgan fingerprint density at radius 2 is 2.17 bits per heavy atom. The lowest BCUT2D eigenvalue weighted by atomic mass is 10.1. The van der Waals surface area contributed by atoms with E-state index in [-0.39, 0.29) is 11.9 Å². The zero-order valence-electron chi connectivity index (χ0n) is 12.7. The second kappa shape index (κ2) is 5.39. The van der Waals surface area contributed by atoms with Crippen LogP contribution in [0.5, 0.6) is 5.75 Å². The lowest BCUT2D eigenvalue weighted by Gasteiger charge is -2.25. The van der Waals surface area contributed by atoms with E-state index in [0.29, 0.717) is 24.5 Å². The van der Waals surface area contributed by atoms with Gasteiger partial charge in [0.05, 0.1) is 24.4 Å². The summed E-state index contributed by atoms with van der Waals surface area (Å²) < 4.78 is 5.80. The Morgan fingerprint density at radius 1 is 1.30 bits per heavy atom. The molecule has 1 aromatic carbocycles. The first-order chi connectivity index (χ1) is 11.2. The Morgan fingerprint density at radius 3 is 3.09 bits per heavy atom. The van der Waals surface area contributed by atoms with Crippen LogP contribution in [0.1, 0.15) is 23.0 Å². The Kier molecular flexibility index (Phi) is 3.22. The monoisotopic (exact) mass is 308 g/mol. The van der Waals surface area contributed by atoms with E-state index in [9.17, 15) is 4.79 Å². The number of nitrogens with one attached hydrogen (secondary N) is 1. The smallest absolute Gasteiger partial charge is 0.273 e. The molecule has 23 heavy (non-hydrogen) atoms. The van der Waals surface area contributed by atoms with Gasteiger partial charge in [-0.1, -0.05) is 18.2 Å². The van der Waals surface area contributed by atoms with Crippen LogP contribution in [0, 0.1) is 0 Å². The maximum Gasteiger partial charge on any atom is 0.273 e. The fourth-order valence-corrected chi connectivity index (χ4v) is 2.78. The number of hydrogen-bond acceptors (Lipinski definition) is 4. The number of rotatable bonds is 1. The number of benzene rings is 1. The molecule has 6 heteroatoms. The molecule has 1 unspecified atom stereocenters. The Labute approximate surface area is 133 Å². The fraction of sp³-hybridized carbons (Fsp3) is 0.235. The molecule has 116 valence electrons. The van der Waals surface area contributed by atoms with E-state index in [4.69, 9.17) is 4.74 Å². The summed E-state index contributed by atoms with van der Waals surface area (Å²) >= 11 is 0. The molecule has 4 rings (SSSR count). The van der Waals surface area contributed by atoms with E-state index in [0.717, 1.165) is 16.8 Å². The summed E-state index contributed by atoms with van der Waals surface area (Å²) in [6.45, 7) is 2.96. The van der Waals surface area contributed by atoms with Crippen LogP contribution in [0.4, 0.5) is 0 Å². The molecule has 6 nitrogen and oxygen atoms in total. The third-order valence-corrected chi connectivity index (χ3v) is 4.09. The van der Waals surface area contributed by atoms with Gasteiger partial charge in [-0.3, -0.25) is 4.79 Å². The highest BCUT2D eigenvalue weighted by atomic mass is 16.5. The lowest BCUT2D eigenvalue weighted by molar-refractivity contribution is 0.0640. The van der Waals surface area contributed by atoms with Gasteiger partial charge in [-0.05, 0) is 25.1 Å². The van der Waals surface area contributed by atoms with Gasteiger partial charge in [0.1, 0.15) is 18.1 Å². The number of carbonyl (C=O) groups excluding carboxylic acids is 1. The molecule has 0 saturated heterocycles. The molecule has 2 aromatic heterocycles. The van der Waals surface area contributed by atoms with Crippen molar-refractivity contribution in [2.45, 2.75) is 19.5 Å². The van der Waals surface area contributed by atoms with Crippen LogP contribution < -0.4 is 4.74 Å². The molecular formula is C17H16N4O2. The van der Waals surface area contributed by atoms with Crippen molar-refractivity contribution in [1.29, 1.82) is 0 Å². The highest BCUT2D eigenvalue weighted by Crippen LogP contribution is 2.25. The number of imidazole rings is 1. The third-order valence-electron chi connectivity index (χ3n) is 4.09. The van der Waals surface area contributed by atoms with Crippen molar-refractivity contribution in [3.05, 3.63) is 54.0 Å². The Balaban J connectivity index is 1.68. The van der Waals surface area contributed by atoms with Gasteiger partial charge >= 0.3 is 0 Å². The molecule has 0 fully saturated rings. The predicted octanol–water partition coefficient (Wildman–Crippen LogP) is 2.38. The fourth-order valence-electron chi connectivity index (χ4n) is 2.78. The first-order valence-electron chi connectivity index (χ1n) is 7.54. The molecule has 1 N–H and O–H groups in total. The first kappa shape index (κ1) is 13.8. The molecule has 1 aliphatic heterocycles. The van der Waals surface area contributed by atoms with Gasteiger partial charge in [0.15, 0.2) is 5.65 Å². The minimum atomic E-state index is -0.109. The highest BCUT2D eigenvalue weighted by molar-refractivity contribution is 5.94. The lowest BCUT2D eigenvalue weighted by Crippen LogP contribution is -2.40. The molecule has 0 aliphatic carbocycles. The summed E-state index contributed by atoms with van der Waals surface area (Å²) in [4.78, 5) is 26.2. The summed E-state index contributed by atoms with van der Waals surface area (Å²) in [5, 5.41) is 0. The number of pyridine rings is 1. The van der Waals surface area contributed by atoms with Crippen LogP contribution in [-0.4, -0.2) is 38.4 Å². The van der Waals surface area contributed by atoms with E-state index < -0.39 is 0 Å². The van der Waals surface area contributed by atoms with Crippen LogP contribution in [0.15, 0.2) is 42.7 Å². The van der Waals surface area contributed by atoms with Crippen LogP contribution in [0.25, 0.3) is 11.2 Å². The number of fused-ring (bicyclic) bond motifs is 2. The number of aromatic nitrogens is 3. The van der Waals surface area contributed by atoms with Crippen molar-refractivity contribution >= 4 is 17.1 Å². The summed E-state index contributed by atoms with van der Waals surface area (Å²) in [5.74, 6) is 0.730. The largest absolute Gasteiger partial charge is 0.491 e. The number of para-hydroxylation sites is 1. The van der Waals surface area contributed by atoms with E-state index >= 15 is 0 Å². The normalized spacial score (nSPS) is 17.4. The van der Waals surface area contributed by atoms with E-state index in [1.165, 1.54) is 0 Å². The number of nitrogens with zero attached hydrogens (tertiary/aromatic N) is 3. The second-order valence-electron chi connectivity index (χ2n) is 5.67. The quantitative estimate of drug-likeness (QED) is 0.749. The molecule has 0 bridgehead atoms. The number of hydrogen-bond donors (Lipinski definition) is 1. The number of carbonyl (C=O) groups is 1. The van der Waals surface area contributed by atoms with Crippen molar-refractivity contribution in [3.8, 4) is 5.75 Å². The predicted molar refractivity (Wildman–Crippen MR) is 85.2 cm³/mol. The van der Waals surface area contributed by atoms with E-state index in [1.54, 1.807) is 17.3 Å². The minimum absolute atomic E-state index is 0.0356. The number of H-pyrrole nitrogens is 1. The number of aromatic amines is 1. The molecule has 1 amide bonds. The highest BCUT2D eigenvalue weighted by Gasteiger charge is 2.27. The standard InChI is InChI=1S/C17H16N4O2/c1-11-9-23-15-5-3-2-4-12(15)8-21(11)17(22)14-7-6-13-16(20-14)19-10-18-13/h2-7,10-11H,8-9H2,1H3,(H,18,19,20). The van der Waals surface area contributed by atoms with Crippen molar-refractivity contribution in [2.75, 3.05) is 6.61 Å². The Hall–Kier alpha value is -2.89. The summed E-state index contributed by atoms with van der Waals surface area (Å²) in [6, 6.07) is 11.3. The van der Waals surface area contributed by atoms with Crippen LogP contribution in [-0.2, 0) is 6.54 Å². The van der Waals surface area contributed by atoms with E-state index in [2.05, 4.69) is 15.0 Å². The van der Waals surface area contributed by atoms with Crippen molar-refractivity contribution in [1.82, 2.24) is 19.9 Å². The van der Waals surface area contributed by atoms with Gasteiger partial charge < -0.3 is 14.6 Å². The summed E-state index contributed by atoms with van der Waals surface area (Å²) in [5.41, 5.74) is 2.77. The molecule has 3 heterocycles. The van der Waals surface area contributed by atoms with Gasteiger partial charge in [0.2, 0.25) is 0 Å². The molecule has 1 aliphatic rings. The van der Waals surface area contributed by atoms with E-state index in [1.807, 2.05) is 37.3 Å². The Bertz CT molecular complexity index is 874. The molecule has 3 aromatic rings. The van der Waals surface area contributed by atoms with Gasteiger partial charge in [0.25, 0.3) is 5.91 Å². The minimum Gasteiger partial charge on any atom is -0.491 e. The van der Waals surface area contributed by atoms with Gasteiger partial charge in [0, 0.05) is 5.56 Å². The van der Waals surface area contributed by atoms with Crippen LogP contribution >= 0.6 is 0 Å². The van der Waals surface area contributed by atoms with Crippen LogP contribution in [0.2, 0.25) is 0 Å². The topological polar surface area (TPSA) is 71.1 Å².